The molecule has 1 fully saturated rings. The minimum absolute atomic E-state index is 0.532. The number of aliphatic imine (C=N–C) groups is 1. The molecule has 1 saturated heterocycles. The molecule has 1 N–H and O–H groups in total. The minimum Gasteiger partial charge on any atom is -0.362 e. The zero-order chi connectivity index (χ0) is 12.3. The Morgan fingerprint density at radius 3 is 2.88 bits per heavy atom. The molecular weight excluding hydrogens is 296 g/mol. The van der Waals surface area contributed by atoms with Gasteiger partial charge in [0.15, 0.2) is 5.17 Å². The molecule has 1 heterocycles. The Labute approximate surface area is 115 Å². The van der Waals surface area contributed by atoms with E-state index < -0.39 is 0 Å². The number of amidine groups is 1. The van der Waals surface area contributed by atoms with E-state index in [9.17, 15) is 0 Å². The monoisotopic (exact) mass is 312 g/mol. The van der Waals surface area contributed by atoms with Gasteiger partial charge in [0, 0.05) is 15.8 Å². The fraction of sp³-hybridized carbons (Fsp3) is 0.462. The second-order valence-corrected chi connectivity index (χ2v) is 6.70. The van der Waals surface area contributed by atoms with Crippen molar-refractivity contribution in [3.63, 3.8) is 0 Å². The molecule has 2 nitrogen and oxygen atoms in total. The summed E-state index contributed by atoms with van der Waals surface area (Å²) in [6.07, 6.45) is 1.21. The predicted molar refractivity (Wildman–Crippen MR) is 79.5 cm³/mol. The van der Waals surface area contributed by atoms with E-state index in [1.807, 2.05) is 23.9 Å². The molecule has 0 saturated carbocycles. The maximum atomic E-state index is 4.65. The maximum Gasteiger partial charge on any atom is 0.157 e. The molecule has 2 rings (SSSR count). The standard InChI is InChI=1S/C13H17BrN2S/c1-9-7-10(2)17-13(16-9)15-8-11-5-3-4-6-12(11)14/h3-6,9-10H,7-8H2,1-2H3,(H,15,16). The van der Waals surface area contributed by atoms with Crippen molar-refractivity contribution in [1.29, 1.82) is 0 Å². The third-order valence-electron chi connectivity index (χ3n) is 2.72. The van der Waals surface area contributed by atoms with E-state index in [0.717, 1.165) is 16.2 Å². The van der Waals surface area contributed by atoms with Crippen LogP contribution in [0.15, 0.2) is 33.7 Å². The molecule has 1 aliphatic heterocycles. The van der Waals surface area contributed by atoms with Crippen LogP contribution in [0.2, 0.25) is 0 Å². The molecule has 2 unspecified atom stereocenters. The Balaban J connectivity index is 2.03. The number of hydrogen-bond donors (Lipinski definition) is 1. The number of nitrogens with zero attached hydrogens (tertiary/aromatic N) is 1. The van der Waals surface area contributed by atoms with Crippen LogP contribution >= 0.6 is 27.7 Å². The summed E-state index contributed by atoms with van der Waals surface area (Å²) in [5.74, 6) is 0. The molecule has 0 aliphatic carbocycles. The van der Waals surface area contributed by atoms with Gasteiger partial charge in [-0.25, -0.2) is 0 Å². The lowest BCUT2D eigenvalue weighted by Gasteiger charge is -2.26. The lowest BCUT2D eigenvalue weighted by atomic mass is 10.2. The Kier molecular flexibility index (Phi) is 4.51. The smallest absolute Gasteiger partial charge is 0.157 e. The number of thioether (sulfide) groups is 1. The molecule has 17 heavy (non-hydrogen) atoms. The van der Waals surface area contributed by atoms with Crippen molar-refractivity contribution in [2.45, 2.75) is 38.1 Å². The summed E-state index contributed by atoms with van der Waals surface area (Å²) in [5, 5.41) is 5.17. The average Bonchev–Trinajstić information content (AvgIpc) is 2.27. The highest BCUT2D eigenvalue weighted by molar-refractivity contribution is 9.10. The number of hydrogen-bond acceptors (Lipinski definition) is 2. The van der Waals surface area contributed by atoms with Gasteiger partial charge in [-0.2, -0.15) is 0 Å². The molecule has 0 radical (unpaired) electrons. The lowest BCUT2D eigenvalue weighted by molar-refractivity contribution is 0.597. The van der Waals surface area contributed by atoms with Gasteiger partial charge in [0.05, 0.1) is 6.54 Å². The van der Waals surface area contributed by atoms with Crippen LogP contribution in [0.4, 0.5) is 0 Å². The van der Waals surface area contributed by atoms with Crippen molar-refractivity contribution < 1.29 is 0 Å². The molecule has 4 heteroatoms. The summed E-state index contributed by atoms with van der Waals surface area (Å²) in [7, 11) is 0. The molecule has 2 atom stereocenters. The van der Waals surface area contributed by atoms with E-state index in [-0.39, 0.29) is 0 Å². The second kappa shape index (κ2) is 5.91. The number of rotatable bonds is 2. The summed E-state index contributed by atoms with van der Waals surface area (Å²) in [6.45, 7) is 5.20. The molecule has 0 aromatic heterocycles. The topological polar surface area (TPSA) is 24.4 Å². The molecule has 0 bridgehead atoms. The van der Waals surface area contributed by atoms with Gasteiger partial charge < -0.3 is 5.32 Å². The summed E-state index contributed by atoms with van der Waals surface area (Å²) in [4.78, 5) is 4.65. The van der Waals surface area contributed by atoms with Gasteiger partial charge in [-0.15, -0.1) is 0 Å². The first-order valence-corrected chi connectivity index (χ1v) is 7.53. The Morgan fingerprint density at radius 1 is 1.41 bits per heavy atom. The first kappa shape index (κ1) is 13.0. The molecule has 1 aromatic rings. The second-order valence-electron chi connectivity index (χ2n) is 4.42. The van der Waals surface area contributed by atoms with Gasteiger partial charge in [-0.05, 0) is 25.0 Å². The predicted octanol–water partition coefficient (Wildman–Crippen LogP) is 3.81. The van der Waals surface area contributed by atoms with Crippen LogP contribution in [-0.4, -0.2) is 16.5 Å². The fourth-order valence-corrected chi connectivity index (χ4v) is 3.49. The van der Waals surface area contributed by atoms with Gasteiger partial charge in [0.1, 0.15) is 0 Å². The van der Waals surface area contributed by atoms with Crippen LogP contribution in [-0.2, 0) is 6.54 Å². The highest BCUT2D eigenvalue weighted by Gasteiger charge is 2.19. The highest BCUT2D eigenvalue weighted by atomic mass is 79.9. The van der Waals surface area contributed by atoms with Crippen molar-refractivity contribution in [2.75, 3.05) is 0 Å². The van der Waals surface area contributed by atoms with Gasteiger partial charge in [-0.3, -0.25) is 4.99 Å². The molecular formula is C13H17BrN2S. The van der Waals surface area contributed by atoms with E-state index in [1.165, 1.54) is 12.0 Å². The normalized spacial score (nSPS) is 26.9. The molecule has 1 aliphatic rings. The van der Waals surface area contributed by atoms with Gasteiger partial charge in [0.25, 0.3) is 0 Å². The third kappa shape index (κ3) is 3.75. The fourth-order valence-electron chi connectivity index (χ4n) is 1.91. The van der Waals surface area contributed by atoms with Crippen LogP contribution in [0.25, 0.3) is 0 Å². The molecule has 1 aromatic carbocycles. The van der Waals surface area contributed by atoms with Crippen LogP contribution in [0, 0.1) is 0 Å². The third-order valence-corrected chi connectivity index (χ3v) is 4.56. The van der Waals surface area contributed by atoms with Crippen molar-refractivity contribution in [2.24, 2.45) is 4.99 Å². The largest absolute Gasteiger partial charge is 0.362 e. The molecule has 0 amide bonds. The molecule has 92 valence electrons. The number of nitrogens with one attached hydrogen (secondary N) is 1. The minimum atomic E-state index is 0.532. The van der Waals surface area contributed by atoms with E-state index in [1.54, 1.807) is 0 Å². The zero-order valence-corrected chi connectivity index (χ0v) is 12.5. The summed E-state index contributed by atoms with van der Waals surface area (Å²) >= 11 is 5.39. The van der Waals surface area contributed by atoms with Gasteiger partial charge in [0.2, 0.25) is 0 Å². The summed E-state index contributed by atoms with van der Waals surface area (Å²) < 4.78 is 1.13. The van der Waals surface area contributed by atoms with Gasteiger partial charge >= 0.3 is 0 Å². The quantitative estimate of drug-likeness (QED) is 0.898. The van der Waals surface area contributed by atoms with Crippen LogP contribution in [0.1, 0.15) is 25.8 Å². The summed E-state index contributed by atoms with van der Waals surface area (Å²) in [6, 6.07) is 8.77. The number of benzene rings is 1. The van der Waals surface area contributed by atoms with Crippen molar-refractivity contribution in [3.8, 4) is 0 Å². The SMILES string of the molecule is CC1CC(C)SC(=NCc2ccccc2Br)N1. The van der Waals surface area contributed by atoms with E-state index in [0.29, 0.717) is 11.3 Å². The molecule has 0 spiro atoms. The van der Waals surface area contributed by atoms with E-state index >= 15 is 0 Å². The van der Waals surface area contributed by atoms with E-state index in [4.69, 9.17) is 0 Å². The van der Waals surface area contributed by atoms with Gasteiger partial charge in [-0.1, -0.05) is 52.8 Å². The van der Waals surface area contributed by atoms with Crippen molar-refractivity contribution in [3.05, 3.63) is 34.3 Å². The number of halogens is 1. The maximum absolute atomic E-state index is 4.65. The highest BCUT2D eigenvalue weighted by Crippen LogP contribution is 2.23. The Bertz CT molecular complexity index is 408. The van der Waals surface area contributed by atoms with E-state index in [2.05, 4.69) is 52.2 Å². The first-order valence-electron chi connectivity index (χ1n) is 5.86. The average molecular weight is 313 g/mol. The zero-order valence-electron chi connectivity index (χ0n) is 10.1. The van der Waals surface area contributed by atoms with Crippen LogP contribution in [0.5, 0.6) is 0 Å². The Hall–Kier alpha value is -0.480. The first-order chi connectivity index (χ1) is 8.15. The lowest BCUT2D eigenvalue weighted by Crippen LogP contribution is -2.38. The van der Waals surface area contributed by atoms with Crippen molar-refractivity contribution >= 4 is 32.9 Å². The van der Waals surface area contributed by atoms with Crippen LogP contribution in [0.3, 0.4) is 0 Å². The van der Waals surface area contributed by atoms with Crippen molar-refractivity contribution in [1.82, 2.24) is 5.32 Å². The Morgan fingerprint density at radius 2 is 2.18 bits per heavy atom. The van der Waals surface area contributed by atoms with Crippen LogP contribution < -0.4 is 5.32 Å². The summed E-state index contributed by atoms with van der Waals surface area (Å²) in [5.41, 5.74) is 1.23.